The molecule has 0 aliphatic carbocycles. The summed E-state index contributed by atoms with van der Waals surface area (Å²) in [4.78, 5) is 14.9. The van der Waals surface area contributed by atoms with Crippen LogP contribution in [0.15, 0.2) is 53.3 Å². The highest BCUT2D eigenvalue weighted by molar-refractivity contribution is 9.10. The van der Waals surface area contributed by atoms with E-state index in [2.05, 4.69) is 20.9 Å². The molecular formula is C13H8BrN3O2. The molecule has 0 saturated carbocycles. The second kappa shape index (κ2) is 4.47. The Morgan fingerprint density at radius 1 is 1.26 bits per heavy atom. The standard InChI is InChI=1S/C13H8BrN3O2/c14-11-5-2-6-16-8-12(15-13(11)16)9-3-1-4-10(7-9)17(18)19/h1-8H. The molecule has 3 aromatic rings. The zero-order valence-electron chi connectivity index (χ0n) is 9.65. The Labute approximate surface area is 116 Å². The van der Waals surface area contributed by atoms with E-state index in [9.17, 15) is 10.1 Å². The van der Waals surface area contributed by atoms with Gasteiger partial charge in [-0.3, -0.25) is 10.1 Å². The molecule has 0 unspecified atom stereocenters. The fourth-order valence-corrected chi connectivity index (χ4v) is 2.34. The Hall–Kier alpha value is -2.21. The van der Waals surface area contributed by atoms with Crippen molar-refractivity contribution in [1.29, 1.82) is 0 Å². The van der Waals surface area contributed by atoms with Crippen molar-refractivity contribution in [3.05, 3.63) is 63.4 Å². The minimum Gasteiger partial charge on any atom is -0.306 e. The number of hydrogen-bond donors (Lipinski definition) is 0. The predicted molar refractivity (Wildman–Crippen MR) is 75.0 cm³/mol. The first kappa shape index (κ1) is 11.9. The van der Waals surface area contributed by atoms with Gasteiger partial charge in [0.1, 0.15) is 0 Å². The maximum Gasteiger partial charge on any atom is 0.270 e. The molecule has 5 nitrogen and oxygen atoms in total. The number of fused-ring (bicyclic) bond motifs is 1. The molecule has 2 heterocycles. The van der Waals surface area contributed by atoms with Gasteiger partial charge < -0.3 is 4.40 Å². The molecular weight excluding hydrogens is 310 g/mol. The highest BCUT2D eigenvalue weighted by Crippen LogP contribution is 2.25. The van der Waals surface area contributed by atoms with Crippen molar-refractivity contribution < 1.29 is 4.92 Å². The smallest absolute Gasteiger partial charge is 0.270 e. The molecule has 0 radical (unpaired) electrons. The summed E-state index contributed by atoms with van der Waals surface area (Å²) in [5, 5.41) is 10.8. The van der Waals surface area contributed by atoms with Crippen LogP contribution in [0, 0.1) is 10.1 Å². The van der Waals surface area contributed by atoms with E-state index in [0.717, 1.165) is 15.7 Å². The molecule has 6 heteroatoms. The summed E-state index contributed by atoms with van der Waals surface area (Å²) in [6.07, 6.45) is 3.73. The number of benzene rings is 1. The summed E-state index contributed by atoms with van der Waals surface area (Å²) in [5.41, 5.74) is 2.28. The van der Waals surface area contributed by atoms with E-state index >= 15 is 0 Å². The average molecular weight is 318 g/mol. The molecule has 0 saturated heterocycles. The second-order valence-electron chi connectivity index (χ2n) is 4.02. The summed E-state index contributed by atoms with van der Waals surface area (Å²) in [5.74, 6) is 0. The quantitative estimate of drug-likeness (QED) is 0.535. The summed E-state index contributed by atoms with van der Waals surface area (Å²) in [7, 11) is 0. The van der Waals surface area contributed by atoms with Gasteiger partial charge in [0, 0.05) is 30.1 Å². The molecule has 1 aromatic carbocycles. The Bertz CT molecular complexity index is 782. The minimum absolute atomic E-state index is 0.0635. The molecule has 3 rings (SSSR count). The predicted octanol–water partition coefficient (Wildman–Crippen LogP) is 3.67. The number of imidazole rings is 1. The first-order valence-corrected chi connectivity index (χ1v) is 6.32. The maximum absolute atomic E-state index is 10.8. The zero-order valence-corrected chi connectivity index (χ0v) is 11.2. The van der Waals surface area contributed by atoms with Crippen LogP contribution in [0.3, 0.4) is 0 Å². The van der Waals surface area contributed by atoms with E-state index in [4.69, 9.17) is 0 Å². The van der Waals surface area contributed by atoms with Gasteiger partial charge in [0.15, 0.2) is 5.65 Å². The molecule has 0 aliphatic heterocycles. The number of aromatic nitrogens is 2. The van der Waals surface area contributed by atoms with Crippen molar-refractivity contribution in [1.82, 2.24) is 9.38 Å². The van der Waals surface area contributed by atoms with Gasteiger partial charge in [0.25, 0.3) is 5.69 Å². The molecule has 0 spiro atoms. The Balaban J connectivity index is 2.16. The van der Waals surface area contributed by atoms with Crippen LogP contribution in [0.2, 0.25) is 0 Å². The number of rotatable bonds is 2. The summed E-state index contributed by atoms with van der Waals surface area (Å²) in [6, 6.07) is 10.3. The molecule has 0 fully saturated rings. The summed E-state index contributed by atoms with van der Waals surface area (Å²) in [6.45, 7) is 0. The van der Waals surface area contributed by atoms with E-state index in [-0.39, 0.29) is 5.69 Å². The lowest BCUT2D eigenvalue weighted by molar-refractivity contribution is -0.384. The van der Waals surface area contributed by atoms with Crippen LogP contribution in [-0.2, 0) is 0 Å². The average Bonchev–Trinajstić information content (AvgIpc) is 2.84. The van der Waals surface area contributed by atoms with Gasteiger partial charge in [0.05, 0.1) is 15.1 Å². The van der Waals surface area contributed by atoms with E-state index in [1.807, 2.05) is 35.0 Å². The van der Waals surface area contributed by atoms with Crippen molar-refractivity contribution >= 4 is 27.3 Å². The first-order valence-electron chi connectivity index (χ1n) is 5.53. The molecule has 0 bridgehead atoms. The van der Waals surface area contributed by atoms with Crippen molar-refractivity contribution in [2.45, 2.75) is 0 Å². The third-order valence-corrected chi connectivity index (χ3v) is 3.41. The lowest BCUT2D eigenvalue weighted by atomic mass is 10.1. The molecule has 2 aromatic heterocycles. The summed E-state index contributed by atoms with van der Waals surface area (Å²) < 4.78 is 2.75. The molecule has 0 N–H and O–H groups in total. The van der Waals surface area contributed by atoms with Crippen LogP contribution >= 0.6 is 15.9 Å². The second-order valence-corrected chi connectivity index (χ2v) is 4.87. The lowest BCUT2D eigenvalue weighted by Crippen LogP contribution is -1.87. The van der Waals surface area contributed by atoms with Crippen LogP contribution in [0.5, 0.6) is 0 Å². The van der Waals surface area contributed by atoms with Crippen molar-refractivity contribution in [3.63, 3.8) is 0 Å². The van der Waals surface area contributed by atoms with Crippen LogP contribution in [0.25, 0.3) is 16.9 Å². The van der Waals surface area contributed by atoms with Crippen LogP contribution in [-0.4, -0.2) is 14.3 Å². The van der Waals surface area contributed by atoms with Gasteiger partial charge in [0.2, 0.25) is 0 Å². The zero-order chi connectivity index (χ0) is 13.4. The Morgan fingerprint density at radius 3 is 2.84 bits per heavy atom. The Kier molecular flexibility index (Phi) is 2.79. The highest BCUT2D eigenvalue weighted by Gasteiger charge is 2.10. The minimum atomic E-state index is -0.408. The van der Waals surface area contributed by atoms with Gasteiger partial charge in [-0.05, 0) is 28.1 Å². The highest BCUT2D eigenvalue weighted by atomic mass is 79.9. The SMILES string of the molecule is O=[N+]([O-])c1cccc(-c2cn3cccc(Br)c3n2)c1. The molecule has 0 atom stereocenters. The van der Waals surface area contributed by atoms with Gasteiger partial charge in [-0.25, -0.2) is 4.98 Å². The van der Waals surface area contributed by atoms with E-state index in [1.54, 1.807) is 6.07 Å². The number of nitrogens with zero attached hydrogens (tertiary/aromatic N) is 3. The Morgan fingerprint density at radius 2 is 2.11 bits per heavy atom. The fraction of sp³-hybridized carbons (Fsp3) is 0. The number of pyridine rings is 1. The van der Waals surface area contributed by atoms with Crippen molar-refractivity contribution in [3.8, 4) is 11.3 Å². The van der Waals surface area contributed by atoms with Gasteiger partial charge in [-0.1, -0.05) is 12.1 Å². The molecule has 94 valence electrons. The lowest BCUT2D eigenvalue weighted by Gasteiger charge is -1.95. The first-order chi connectivity index (χ1) is 9.15. The number of non-ortho nitro benzene ring substituents is 1. The van der Waals surface area contributed by atoms with Crippen LogP contribution < -0.4 is 0 Å². The van der Waals surface area contributed by atoms with Crippen molar-refractivity contribution in [2.24, 2.45) is 0 Å². The van der Waals surface area contributed by atoms with Gasteiger partial charge in [-0.15, -0.1) is 0 Å². The maximum atomic E-state index is 10.8. The number of hydrogen-bond acceptors (Lipinski definition) is 3. The molecule has 19 heavy (non-hydrogen) atoms. The molecule has 0 amide bonds. The third kappa shape index (κ3) is 2.10. The number of nitro groups is 1. The van der Waals surface area contributed by atoms with Gasteiger partial charge >= 0.3 is 0 Å². The van der Waals surface area contributed by atoms with Gasteiger partial charge in [-0.2, -0.15) is 0 Å². The number of halogens is 1. The third-order valence-electron chi connectivity index (χ3n) is 2.79. The fourth-order valence-electron chi connectivity index (χ4n) is 1.90. The number of nitro benzene ring substituents is 1. The largest absolute Gasteiger partial charge is 0.306 e. The molecule has 0 aliphatic rings. The normalized spacial score (nSPS) is 10.8. The van der Waals surface area contributed by atoms with E-state index in [1.165, 1.54) is 12.1 Å². The van der Waals surface area contributed by atoms with E-state index in [0.29, 0.717) is 5.69 Å². The topological polar surface area (TPSA) is 60.4 Å². The monoisotopic (exact) mass is 317 g/mol. The van der Waals surface area contributed by atoms with Crippen molar-refractivity contribution in [2.75, 3.05) is 0 Å². The van der Waals surface area contributed by atoms with Crippen LogP contribution in [0.1, 0.15) is 0 Å². The van der Waals surface area contributed by atoms with E-state index < -0.39 is 4.92 Å². The summed E-state index contributed by atoms with van der Waals surface area (Å²) >= 11 is 3.43. The van der Waals surface area contributed by atoms with Crippen LogP contribution in [0.4, 0.5) is 5.69 Å².